The van der Waals surface area contributed by atoms with Crippen LogP contribution in [0.15, 0.2) is 29.2 Å². The molecule has 1 saturated heterocycles. The third-order valence-corrected chi connectivity index (χ3v) is 7.56. The second kappa shape index (κ2) is 9.05. The summed E-state index contributed by atoms with van der Waals surface area (Å²) in [5.74, 6) is 0.624. The zero-order valence-electron chi connectivity index (χ0n) is 16.4. The van der Waals surface area contributed by atoms with Crippen molar-refractivity contribution in [3.05, 3.63) is 24.3 Å². The van der Waals surface area contributed by atoms with Gasteiger partial charge in [-0.15, -0.1) is 0 Å². The Kier molecular flexibility index (Phi) is 6.72. The van der Waals surface area contributed by atoms with Crippen molar-refractivity contribution < 1.29 is 18.0 Å². The Bertz CT molecular complexity index is 793. The quantitative estimate of drug-likeness (QED) is 0.785. The van der Waals surface area contributed by atoms with E-state index in [0.29, 0.717) is 44.2 Å². The van der Waals surface area contributed by atoms with Crippen molar-refractivity contribution in [2.45, 2.75) is 50.3 Å². The number of piperazine rings is 1. The molecule has 2 fully saturated rings. The van der Waals surface area contributed by atoms with Crippen LogP contribution in [0.1, 0.15) is 45.4 Å². The SMILES string of the molecule is CC(=O)Nc1ccc(S(=O)(=O)N2CCN(C(=O)CCC3CCCC3)CC2)cc1. The van der Waals surface area contributed by atoms with Gasteiger partial charge in [0.25, 0.3) is 0 Å². The molecular weight excluding hydrogens is 378 g/mol. The number of sulfonamides is 1. The number of rotatable bonds is 6. The summed E-state index contributed by atoms with van der Waals surface area (Å²) in [5, 5.41) is 2.62. The fourth-order valence-electron chi connectivity index (χ4n) is 4.03. The third-order valence-electron chi connectivity index (χ3n) is 5.65. The molecule has 154 valence electrons. The molecule has 8 heteroatoms. The Morgan fingerprint density at radius 2 is 1.64 bits per heavy atom. The van der Waals surface area contributed by atoms with E-state index in [1.807, 2.05) is 0 Å². The van der Waals surface area contributed by atoms with Gasteiger partial charge in [0.2, 0.25) is 21.8 Å². The molecule has 1 N–H and O–H groups in total. The van der Waals surface area contributed by atoms with Gasteiger partial charge in [-0.25, -0.2) is 8.42 Å². The van der Waals surface area contributed by atoms with E-state index >= 15 is 0 Å². The van der Waals surface area contributed by atoms with Crippen molar-refractivity contribution in [1.82, 2.24) is 9.21 Å². The Hall–Kier alpha value is -1.93. The molecule has 1 saturated carbocycles. The monoisotopic (exact) mass is 407 g/mol. The first-order valence-electron chi connectivity index (χ1n) is 10.0. The molecule has 0 radical (unpaired) electrons. The summed E-state index contributed by atoms with van der Waals surface area (Å²) in [5.41, 5.74) is 0.559. The summed E-state index contributed by atoms with van der Waals surface area (Å²) in [6.45, 7) is 2.90. The van der Waals surface area contributed by atoms with E-state index in [9.17, 15) is 18.0 Å². The number of amides is 2. The van der Waals surface area contributed by atoms with E-state index in [0.717, 1.165) is 6.42 Å². The van der Waals surface area contributed by atoms with Crippen LogP contribution in [-0.2, 0) is 19.6 Å². The molecule has 1 aliphatic heterocycles. The lowest BCUT2D eigenvalue weighted by Crippen LogP contribution is -2.50. The Balaban J connectivity index is 1.52. The zero-order chi connectivity index (χ0) is 20.1. The molecule has 2 aliphatic rings. The van der Waals surface area contributed by atoms with Gasteiger partial charge in [-0.1, -0.05) is 25.7 Å². The molecule has 1 aliphatic carbocycles. The lowest BCUT2D eigenvalue weighted by atomic mass is 10.0. The van der Waals surface area contributed by atoms with Crippen molar-refractivity contribution in [3.63, 3.8) is 0 Å². The highest BCUT2D eigenvalue weighted by atomic mass is 32.2. The fraction of sp³-hybridized carbons (Fsp3) is 0.600. The Labute approximate surface area is 167 Å². The molecule has 28 heavy (non-hydrogen) atoms. The van der Waals surface area contributed by atoms with Crippen LogP contribution in [0.25, 0.3) is 0 Å². The average molecular weight is 408 g/mol. The van der Waals surface area contributed by atoms with Gasteiger partial charge in [0.05, 0.1) is 4.90 Å². The smallest absolute Gasteiger partial charge is 0.243 e. The van der Waals surface area contributed by atoms with Crippen molar-refractivity contribution in [2.24, 2.45) is 5.92 Å². The molecule has 7 nitrogen and oxygen atoms in total. The molecule has 0 aromatic heterocycles. The van der Waals surface area contributed by atoms with Gasteiger partial charge in [0.15, 0.2) is 0 Å². The summed E-state index contributed by atoms with van der Waals surface area (Å²) >= 11 is 0. The normalized spacial score (nSPS) is 19.0. The molecule has 3 rings (SSSR count). The van der Waals surface area contributed by atoms with Crippen LogP contribution in [-0.4, -0.2) is 55.6 Å². The second-order valence-corrected chi connectivity index (χ2v) is 9.62. The molecule has 1 aromatic carbocycles. The first-order chi connectivity index (χ1) is 13.4. The van der Waals surface area contributed by atoms with E-state index < -0.39 is 10.0 Å². The Morgan fingerprint density at radius 1 is 1.04 bits per heavy atom. The van der Waals surface area contributed by atoms with E-state index in [4.69, 9.17) is 0 Å². The minimum atomic E-state index is -3.60. The van der Waals surface area contributed by atoms with Gasteiger partial charge in [0.1, 0.15) is 0 Å². The van der Waals surface area contributed by atoms with Crippen molar-refractivity contribution in [2.75, 3.05) is 31.5 Å². The van der Waals surface area contributed by atoms with Crippen LogP contribution in [0, 0.1) is 5.92 Å². The maximum atomic E-state index is 12.8. The lowest BCUT2D eigenvalue weighted by molar-refractivity contribution is -0.132. The first kappa shape index (κ1) is 20.8. The lowest BCUT2D eigenvalue weighted by Gasteiger charge is -2.34. The fourth-order valence-corrected chi connectivity index (χ4v) is 5.45. The van der Waals surface area contributed by atoms with Gasteiger partial charge >= 0.3 is 0 Å². The van der Waals surface area contributed by atoms with Crippen LogP contribution in [0.4, 0.5) is 5.69 Å². The van der Waals surface area contributed by atoms with E-state index in [1.54, 1.807) is 17.0 Å². The van der Waals surface area contributed by atoms with Crippen LogP contribution in [0.2, 0.25) is 0 Å². The minimum Gasteiger partial charge on any atom is -0.340 e. The topological polar surface area (TPSA) is 86.8 Å². The number of nitrogens with zero attached hydrogens (tertiary/aromatic N) is 2. The highest BCUT2D eigenvalue weighted by Gasteiger charge is 2.30. The van der Waals surface area contributed by atoms with Gasteiger partial charge < -0.3 is 10.2 Å². The number of carbonyl (C=O) groups excluding carboxylic acids is 2. The number of benzene rings is 1. The van der Waals surface area contributed by atoms with Crippen LogP contribution in [0.5, 0.6) is 0 Å². The third kappa shape index (κ3) is 5.11. The van der Waals surface area contributed by atoms with E-state index in [-0.39, 0.29) is 16.7 Å². The van der Waals surface area contributed by atoms with Crippen LogP contribution < -0.4 is 5.32 Å². The maximum Gasteiger partial charge on any atom is 0.243 e. The highest BCUT2D eigenvalue weighted by Crippen LogP contribution is 2.29. The van der Waals surface area contributed by atoms with Crippen molar-refractivity contribution >= 4 is 27.5 Å². The summed E-state index contributed by atoms with van der Waals surface area (Å²) in [4.78, 5) is 25.5. The van der Waals surface area contributed by atoms with Crippen LogP contribution >= 0.6 is 0 Å². The van der Waals surface area contributed by atoms with Gasteiger partial charge in [0, 0.05) is 45.2 Å². The molecule has 0 unspecified atom stereocenters. The molecule has 1 aromatic rings. The van der Waals surface area contributed by atoms with Gasteiger partial charge in [-0.2, -0.15) is 4.31 Å². The van der Waals surface area contributed by atoms with Crippen molar-refractivity contribution in [1.29, 1.82) is 0 Å². The summed E-state index contributed by atoms with van der Waals surface area (Å²) in [6, 6.07) is 6.16. The molecule has 0 atom stereocenters. The molecule has 0 bridgehead atoms. The predicted octanol–water partition coefficient (Wildman–Crippen LogP) is 2.45. The maximum absolute atomic E-state index is 12.8. The number of carbonyl (C=O) groups is 2. The molecule has 2 amide bonds. The summed E-state index contributed by atoms with van der Waals surface area (Å²) < 4.78 is 27.1. The van der Waals surface area contributed by atoms with E-state index in [1.165, 1.54) is 49.0 Å². The molecule has 0 spiro atoms. The summed E-state index contributed by atoms with van der Waals surface area (Å²) in [7, 11) is -3.60. The zero-order valence-corrected chi connectivity index (χ0v) is 17.2. The second-order valence-electron chi connectivity index (χ2n) is 7.68. The number of nitrogens with one attached hydrogen (secondary N) is 1. The average Bonchev–Trinajstić information content (AvgIpc) is 3.20. The van der Waals surface area contributed by atoms with Gasteiger partial charge in [-0.05, 0) is 36.6 Å². The van der Waals surface area contributed by atoms with Gasteiger partial charge in [-0.3, -0.25) is 9.59 Å². The summed E-state index contributed by atoms with van der Waals surface area (Å²) in [6.07, 6.45) is 6.56. The standard InChI is InChI=1S/C20H29N3O4S/c1-16(24)21-18-7-9-19(10-8-18)28(26,27)23-14-12-22(13-15-23)20(25)11-6-17-4-2-3-5-17/h7-10,17H,2-6,11-15H2,1H3,(H,21,24). The highest BCUT2D eigenvalue weighted by molar-refractivity contribution is 7.89. The minimum absolute atomic E-state index is 0.142. The first-order valence-corrected chi connectivity index (χ1v) is 11.5. The number of hydrogen-bond donors (Lipinski definition) is 1. The van der Waals surface area contributed by atoms with Crippen LogP contribution in [0.3, 0.4) is 0 Å². The molecular formula is C20H29N3O4S. The van der Waals surface area contributed by atoms with Crippen molar-refractivity contribution in [3.8, 4) is 0 Å². The predicted molar refractivity (Wildman–Crippen MR) is 107 cm³/mol. The largest absolute Gasteiger partial charge is 0.340 e. The molecule has 1 heterocycles. The number of hydrogen-bond acceptors (Lipinski definition) is 4. The Morgan fingerprint density at radius 3 is 2.21 bits per heavy atom. The van der Waals surface area contributed by atoms with E-state index in [2.05, 4.69) is 5.32 Å². The number of anilines is 1.